The summed E-state index contributed by atoms with van der Waals surface area (Å²) in [5.41, 5.74) is 0.780. The average molecular weight is 474 g/mol. The Balaban J connectivity index is 1.59. The molecule has 4 rings (SSSR count). The molecule has 186 valence electrons. The number of urea groups is 1. The molecule has 0 unspecified atom stereocenters. The minimum atomic E-state index is -0.561. The van der Waals surface area contributed by atoms with Crippen LogP contribution in [0, 0.1) is 11.7 Å². The quantitative estimate of drug-likeness (QED) is 0.714. The van der Waals surface area contributed by atoms with E-state index >= 15 is 0 Å². The van der Waals surface area contributed by atoms with E-state index < -0.39 is 12.2 Å². The molecule has 1 aromatic rings. The van der Waals surface area contributed by atoms with Gasteiger partial charge in [0.1, 0.15) is 18.0 Å². The Bertz CT molecular complexity index is 902. The second-order valence-electron chi connectivity index (χ2n) is 10.2. The number of rotatable bonds is 5. The summed E-state index contributed by atoms with van der Waals surface area (Å²) in [6.45, 7) is 4.69. The van der Waals surface area contributed by atoms with Crippen molar-refractivity contribution in [1.82, 2.24) is 25.1 Å². The minimum Gasteiger partial charge on any atom is -0.334 e. The molecule has 0 spiro atoms. The zero-order chi connectivity index (χ0) is 24.4. The summed E-state index contributed by atoms with van der Waals surface area (Å²) in [5, 5.41) is 6.14. The van der Waals surface area contributed by atoms with Gasteiger partial charge in [-0.2, -0.15) is 0 Å². The smallest absolute Gasteiger partial charge is 0.334 e. The highest BCUT2D eigenvalue weighted by Crippen LogP contribution is 2.33. The van der Waals surface area contributed by atoms with Gasteiger partial charge in [0.25, 0.3) is 0 Å². The van der Waals surface area contributed by atoms with Crippen molar-refractivity contribution in [3.8, 4) is 0 Å². The third-order valence-electron chi connectivity index (χ3n) is 7.16. The predicted molar refractivity (Wildman–Crippen MR) is 126 cm³/mol. The van der Waals surface area contributed by atoms with Crippen LogP contribution in [-0.4, -0.2) is 76.0 Å². The molecule has 0 radical (unpaired) electrons. The lowest BCUT2D eigenvalue weighted by Crippen LogP contribution is -2.76. The first-order valence-electron chi connectivity index (χ1n) is 12.4. The van der Waals surface area contributed by atoms with E-state index in [1.807, 2.05) is 4.90 Å². The van der Waals surface area contributed by atoms with Crippen molar-refractivity contribution in [3.63, 3.8) is 0 Å². The van der Waals surface area contributed by atoms with Crippen molar-refractivity contribution in [3.05, 3.63) is 35.6 Å². The van der Waals surface area contributed by atoms with Crippen LogP contribution in [-0.2, 0) is 16.1 Å². The van der Waals surface area contributed by atoms with Crippen LogP contribution in [0.2, 0.25) is 0 Å². The average Bonchev–Trinajstić information content (AvgIpc) is 2.80. The zero-order valence-electron chi connectivity index (χ0n) is 20.4. The molecule has 1 aliphatic carbocycles. The molecule has 2 aliphatic heterocycles. The summed E-state index contributed by atoms with van der Waals surface area (Å²) < 4.78 is 13.2. The largest absolute Gasteiger partial charge is 0.334 e. The van der Waals surface area contributed by atoms with Gasteiger partial charge in [-0.3, -0.25) is 9.59 Å². The third-order valence-corrected chi connectivity index (χ3v) is 7.16. The van der Waals surface area contributed by atoms with Crippen LogP contribution in [0.5, 0.6) is 0 Å². The van der Waals surface area contributed by atoms with Gasteiger partial charge >= 0.3 is 6.03 Å². The molecule has 1 N–H and O–H groups in total. The fourth-order valence-corrected chi connectivity index (χ4v) is 5.52. The van der Waals surface area contributed by atoms with E-state index in [9.17, 15) is 18.8 Å². The van der Waals surface area contributed by atoms with E-state index in [-0.39, 0.29) is 48.7 Å². The third kappa shape index (κ3) is 5.04. The summed E-state index contributed by atoms with van der Waals surface area (Å²) in [6.07, 6.45) is 5.32. The van der Waals surface area contributed by atoms with E-state index in [0.717, 1.165) is 31.2 Å². The minimum absolute atomic E-state index is 0.0152. The van der Waals surface area contributed by atoms with Gasteiger partial charge < -0.3 is 15.1 Å². The van der Waals surface area contributed by atoms with Gasteiger partial charge in [0.15, 0.2) is 0 Å². The van der Waals surface area contributed by atoms with Gasteiger partial charge in [0.05, 0.1) is 13.1 Å². The maximum Gasteiger partial charge on any atom is 0.334 e. The number of halogens is 1. The van der Waals surface area contributed by atoms with Crippen LogP contribution in [0.3, 0.4) is 0 Å². The lowest BCUT2D eigenvalue weighted by atomic mass is 9.90. The standard InChI is InChI=1S/C25H36FN5O3/c1-17(2)13-21-24(33)29(20-7-5-4-6-8-20)15-22-30(21)23(32)16-28(3)31(22)25(34)27-14-18-9-11-19(26)12-10-18/h9-12,17,20-22H,4-8,13-16H2,1-3H3,(H,27,34)/t21-,22-/m0/s1. The Kier molecular flexibility index (Phi) is 7.40. The SMILES string of the molecule is CC(C)C[C@H]1C(=O)N(C2CCCCC2)C[C@H]2N1C(=O)CN(C)N2C(=O)NCc1ccc(F)cc1. The monoisotopic (exact) mass is 473 g/mol. The van der Waals surface area contributed by atoms with Crippen LogP contribution in [0.1, 0.15) is 57.9 Å². The van der Waals surface area contributed by atoms with Gasteiger partial charge in [0, 0.05) is 19.6 Å². The number of hydrogen-bond donors (Lipinski definition) is 1. The Labute approximate surface area is 201 Å². The molecular formula is C25H36FN5O3. The molecule has 9 heteroatoms. The number of carbonyl (C=O) groups excluding carboxylic acids is 3. The number of nitrogens with one attached hydrogen (secondary N) is 1. The van der Waals surface area contributed by atoms with Crippen molar-refractivity contribution in [2.45, 2.75) is 77.2 Å². The number of amides is 4. The van der Waals surface area contributed by atoms with Gasteiger partial charge in [-0.05, 0) is 42.9 Å². The van der Waals surface area contributed by atoms with Crippen molar-refractivity contribution in [2.24, 2.45) is 5.92 Å². The number of hydrazine groups is 1. The number of fused-ring (bicyclic) bond motifs is 1. The summed E-state index contributed by atoms with van der Waals surface area (Å²) in [5.74, 6) is -0.209. The number of likely N-dealkylation sites (N-methyl/N-ethyl adjacent to an activating group) is 1. The second kappa shape index (κ2) is 10.3. The number of carbonyl (C=O) groups is 3. The number of nitrogens with zero attached hydrogens (tertiary/aromatic N) is 4. The van der Waals surface area contributed by atoms with Gasteiger partial charge in [-0.1, -0.05) is 45.2 Å². The Morgan fingerprint density at radius 2 is 1.79 bits per heavy atom. The highest BCUT2D eigenvalue weighted by molar-refractivity contribution is 5.91. The first-order valence-corrected chi connectivity index (χ1v) is 12.4. The lowest BCUT2D eigenvalue weighted by molar-refractivity contribution is -0.190. The number of piperazine rings is 1. The molecule has 3 aliphatic rings. The van der Waals surface area contributed by atoms with Crippen LogP contribution in [0.15, 0.2) is 24.3 Å². The molecule has 34 heavy (non-hydrogen) atoms. The molecule has 1 saturated carbocycles. The number of benzene rings is 1. The van der Waals surface area contributed by atoms with Crippen molar-refractivity contribution < 1.29 is 18.8 Å². The van der Waals surface area contributed by atoms with Gasteiger partial charge in [-0.25, -0.2) is 19.2 Å². The topological polar surface area (TPSA) is 76.2 Å². The van der Waals surface area contributed by atoms with E-state index in [0.29, 0.717) is 13.0 Å². The molecule has 0 bridgehead atoms. The highest BCUT2D eigenvalue weighted by atomic mass is 19.1. The Morgan fingerprint density at radius 3 is 2.44 bits per heavy atom. The lowest BCUT2D eigenvalue weighted by Gasteiger charge is -2.56. The van der Waals surface area contributed by atoms with Crippen LogP contribution >= 0.6 is 0 Å². The van der Waals surface area contributed by atoms with Crippen molar-refractivity contribution in [1.29, 1.82) is 0 Å². The van der Waals surface area contributed by atoms with Crippen molar-refractivity contribution >= 4 is 17.8 Å². The molecule has 4 amide bonds. The molecular weight excluding hydrogens is 437 g/mol. The molecule has 2 saturated heterocycles. The molecule has 1 aromatic carbocycles. The van der Waals surface area contributed by atoms with Crippen LogP contribution < -0.4 is 5.32 Å². The van der Waals surface area contributed by atoms with E-state index in [1.165, 1.54) is 18.6 Å². The highest BCUT2D eigenvalue weighted by Gasteiger charge is 2.51. The maximum absolute atomic E-state index is 13.6. The fraction of sp³-hybridized carbons (Fsp3) is 0.640. The summed E-state index contributed by atoms with van der Waals surface area (Å²) in [4.78, 5) is 43.7. The van der Waals surface area contributed by atoms with Crippen molar-refractivity contribution in [2.75, 3.05) is 20.1 Å². The van der Waals surface area contributed by atoms with E-state index in [1.54, 1.807) is 34.1 Å². The second-order valence-corrected chi connectivity index (χ2v) is 10.2. The molecule has 3 fully saturated rings. The summed E-state index contributed by atoms with van der Waals surface area (Å²) >= 11 is 0. The summed E-state index contributed by atoms with van der Waals surface area (Å²) in [6, 6.07) is 5.25. The Morgan fingerprint density at radius 1 is 1.12 bits per heavy atom. The maximum atomic E-state index is 13.6. The first kappa shape index (κ1) is 24.4. The van der Waals surface area contributed by atoms with Gasteiger partial charge in [-0.15, -0.1) is 0 Å². The zero-order valence-corrected chi connectivity index (χ0v) is 20.4. The summed E-state index contributed by atoms with van der Waals surface area (Å²) in [7, 11) is 1.73. The molecule has 8 nitrogen and oxygen atoms in total. The fourth-order valence-electron chi connectivity index (χ4n) is 5.52. The van der Waals surface area contributed by atoms with Crippen LogP contribution in [0.4, 0.5) is 9.18 Å². The Hall–Kier alpha value is -2.68. The van der Waals surface area contributed by atoms with Gasteiger partial charge in [0.2, 0.25) is 11.8 Å². The normalized spacial score (nSPS) is 24.6. The predicted octanol–water partition coefficient (Wildman–Crippen LogP) is 2.94. The molecule has 2 atom stereocenters. The molecule has 0 aromatic heterocycles. The molecule has 2 heterocycles. The number of hydrogen-bond acceptors (Lipinski definition) is 4. The first-order chi connectivity index (χ1) is 16.3. The van der Waals surface area contributed by atoms with E-state index in [4.69, 9.17) is 0 Å². The van der Waals surface area contributed by atoms with E-state index in [2.05, 4.69) is 19.2 Å². The van der Waals surface area contributed by atoms with Crippen LogP contribution in [0.25, 0.3) is 0 Å².